The first-order valence-electron chi connectivity index (χ1n) is 20.9. The maximum Gasteiger partial charge on any atom is 0.164 e. The Labute approximate surface area is 357 Å². The molecule has 3 atom stereocenters. The smallest absolute Gasteiger partial charge is 0.164 e. The maximum absolute atomic E-state index is 5.39. The molecule has 2 aliphatic rings. The third-order valence-electron chi connectivity index (χ3n) is 11.8. The molecule has 3 unspecified atom stereocenters. The van der Waals surface area contributed by atoms with Crippen LogP contribution in [0.1, 0.15) is 59.1 Å². The zero-order valence-electron chi connectivity index (χ0n) is 33.9. The molecule has 8 aromatic rings. The van der Waals surface area contributed by atoms with Crippen molar-refractivity contribution in [3.8, 4) is 33.9 Å². The van der Waals surface area contributed by atoms with E-state index in [1.807, 2.05) is 60.9 Å². The summed E-state index contributed by atoms with van der Waals surface area (Å²) in [6, 6.07) is 61.3. The van der Waals surface area contributed by atoms with Crippen molar-refractivity contribution < 1.29 is 0 Å². The van der Waals surface area contributed by atoms with E-state index in [0.29, 0.717) is 17.5 Å². The van der Waals surface area contributed by atoms with Crippen molar-refractivity contribution >= 4 is 22.3 Å². The van der Waals surface area contributed by atoms with Gasteiger partial charge in [-0.3, -0.25) is 9.97 Å². The summed E-state index contributed by atoms with van der Waals surface area (Å²) in [5, 5.41) is 0. The van der Waals surface area contributed by atoms with E-state index in [1.165, 1.54) is 33.4 Å². The summed E-state index contributed by atoms with van der Waals surface area (Å²) in [7, 11) is 0. The lowest BCUT2D eigenvalue weighted by Crippen LogP contribution is -2.15. The van der Waals surface area contributed by atoms with Crippen molar-refractivity contribution in [1.82, 2.24) is 24.9 Å². The second kappa shape index (κ2) is 16.9. The van der Waals surface area contributed by atoms with Gasteiger partial charge in [0.2, 0.25) is 0 Å². The Kier molecular flexibility index (Phi) is 10.4. The average molecular weight is 786 g/mol. The monoisotopic (exact) mass is 785 g/mol. The molecular weight excluding hydrogens is 743 g/mol. The lowest BCUT2D eigenvalue weighted by molar-refractivity contribution is 0.655. The molecule has 0 fully saturated rings. The molecule has 3 heterocycles. The largest absolute Gasteiger partial charge is 0.256 e. The molecular formula is C56H43N5. The van der Waals surface area contributed by atoms with Crippen LogP contribution in [-0.4, -0.2) is 24.9 Å². The van der Waals surface area contributed by atoms with E-state index in [4.69, 9.17) is 15.0 Å². The normalized spacial score (nSPS) is 17.4. The van der Waals surface area contributed by atoms with Gasteiger partial charge in [-0.1, -0.05) is 171 Å². The first kappa shape index (κ1) is 37.6. The van der Waals surface area contributed by atoms with Crippen molar-refractivity contribution in [3.63, 3.8) is 0 Å². The van der Waals surface area contributed by atoms with E-state index >= 15 is 0 Å². The summed E-state index contributed by atoms with van der Waals surface area (Å²) < 4.78 is 0. The number of nitrogens with zero attached hydrogens (tertiary/aromatic N) is 5. The maximum atomic E-state index is 5.39. The number of allylic oxidation sites excluding steroid dienone is 8. The van der Waals surface area contributed by atoms with Crippen LogP contribution in [-0.2, 0) is 0 Å². The van der Waals surface area contributed by atoms with Crippen molar-refractivity contribution in [2.75, 3.05) is 0 Å². The number of aromatic nitrogens is 5. The first-order chi connectivity index (χ1) is 30.1. The zero-order valence-corrected chi connectivity index (χ0v) is 33.9. The third-order valence-corrected chi connectivity index (χ3v) is 11.8. The van der Waals surface area contributed by atoms with Gasteiger partial charge in [-0.15, -0.1) is 0 Å². The Hall–Kier alpha value is -7.63. The predicted molar refractivity (Wildman–Crippen MR) is 249 cm³/mol. The van der Waals surface area contributed by atoms with E-state index < -0.39 is 0 Å². The molecule has 5 aromatic carbocycles. The number of hydrogen-bond acceptors (Lipinski definition) is 5. The van der Waals surface area contributed by atoms with Crippen molar-refractivity contribution in [2.24, 2.45) is 5.92 Å². The number of benzene rings is 5. The molecule has 0 bridgehead atoms. The fraction of sp³-hybridized carbons (Fsp3) is 0.0893. The molecule has 5 heteroatoms. The van der Waals surface area contributed by atoms with Gasteiger partial charge in [0, 0.05) is 52.1 Å². The standard InChI is InChI=1S/C56H43N5/c1-38-50(41-17-7-3-8-18-41)36-49(37-51(38)42-25-29-44(30-26-42)53-22-12-14-32-58-53)56-60-54(45-19-9-4-10-20-45)59-55(61-56)48-34-46(39-15-5-2-6-16-39)33-47(35-48)40-23-27-43(28-24-40)52-21-11-13-31-57-52/h2-32,34-38,47,50H,33H2,1H3. The molecule has 292 valence electrons. The van der Waals surface area contributed by atoms with Crippen LogP contribution < -0.4 is 0 Å². The van der Waals surface area contributed by atoms with Gasteiger partial charge < -0.3 is 0 Å². The lowest BCUT2D eigenvalue weighted by Gasteiger charge is -2.29. The predicted octanol–water partition coefficient (Wildman–Crippen LogP) is 13.2. The molecule has 0 radical (unpaired) electrons. The fourth-order valence-corrected chi connectivity index (χ4v) is 8.59. The summed E-state index contributed by atoms with van der Waals surface area (Å²) in [4.78, 5) is 25.1. The minimum absolute atomic E-state index is 0.101. The molecule has 0 amide bonds. The minimum Gasteiger partial charge on any atom is -0.256 e. The Bertz CT molecular complexity index is 2900. The molecule has 0 saturated heterocycles. The quantitative estimate of drug-likeness (QED) is 0.146. The summed E-state index contributed by atoms with van der Waals surface area (Å²) in [6.07, 6.45) is 13.8. The minimum atomic E-state index is 0.101. The Balaban J connectivity index is 1.11. The van der Waals surface area contributed by atoms with Crippen LogP contribution in [0.4, 0.5) is 0 Å². The Morgan fingerprint density at radius 3 is 1.51 bits per heavy atom. The van der Waals surface area contributed by atoms with Gasteiger partial charge in [-0.05, 0) is 82.2 Å². The molecule has 0 N–H and O–H groups in total. The summed E-state index contributed by atoms with van der Waals surface area (Å²) >= 11 is 0. The van der Waals surface area contributed by atoms with Gasteiger partial charge in [-0.2, -0.15) is 0 Å². The van der Waals surface area contributed by atoms with E-state index in [2.05, 4.69) is 169 Å². The number of pyridine rings is 2. The summed E-state index contributed by atoms with van der Waals surface area (Å²) in [5.41, 5.74) is 14.3. The molecule has 0 spiro atoms. The average Bonchev–Trinajstić information content (AvgIpc) is 3.35. The van der Waals surface area contributed by atoms with Crippen molar-refractivity contribution in [1.29, 1.82) is 0 Å². The summed E-state index contributed by atoms with van der Waals surface area (Å²) in [5.74, 6) is 2.34. The van der Waals surface area contributed by atoms with Crippen LogP contribution >= 0.6 is 0 Å². The highest BCUT2D eigenvalue weighted by molar-refractivity contribution is 5.89. The lowest BCUT2D eigenvalue weighted by atomic mass is 9.75. The molecule has 10 rings (SSSR count). The Morgan fingerprint density at radius 2 is 0.918 bits per heavy atom. The van der Waals surface area contributed by atoms with Gasteiger partial charge in [0.05, 0.1) is 11.4 Å². The van der Waals surface area contributed by atoms with Crippen molar-refractivity contribution in [3.05, 3.63) is 247 Å². The molecule has 0 aliphatic heterocycles. The molecule has 5 nitrogen and oxygen atoms in total. The first-order valence-corrected chi connectivity index (χ1v) is 20.9. The van der Waals surface area contributed by atoms with Gasteiger partial charge in [0.1, 0.15) is 0 Å². The number of rotatable bonds is 9. The second-order valence-electron chi connectivity index (χ2n) is 15.7. The fourth-order valence-electron chi connectivity index (χ4n) is 8.59. The van der Waals surface area contributed by atoms with Gasteiger partial charge >= 0.3 is 0 Å². The highest BCUT2D eigenvalue weighted by Gasteiger charge is 2.29. The molecule has 3 aromatic heterocycles. The van der Waals surface area contributed by atoms with Crippen LogP contribution in [0.3, 0.4) is 0 Å². The van der Waals surface area contributed by atoms with Gasteiger partial charge in [0.15, 0.2) is 17.5 Å². The second-order valence-corrected chi connectivity index (χ2v) is 15.7. The molecule has 0 saturated carbocycles. The van der Waals surface area contributed by atoms with E-state index in [-0.39, 0.29) is 17.8 Å². The zero-order chi connectivity index (χ0) is 41.0. The van der Waals surface area contributed by atoms with E-state index in [1.54, 1.807) is 0 Å². The Morgan fingerprint density at radius 1 is 0.410 bits per heavy atom. The highest BCUT2D eigenvalue weighted by Crippen LogP contribution is 2.44. The number of hydrogen-bond donors (Lipinski definition) is 0. The van der Waals surface area contributed by atoms with Crippen LogP contribution in [0.5, 0.6) is 0 Å². The molecule has 61 heavy (non-hydrogen) atoms. The summed E-state index contributed by atoms with van der Waals surface area (Å²) in [6.45, 7) is 2.32. The van der Waals surface area contributed by atoms with E-state index in [9.17, 15) is 0 Å². The molecule has 2 aliphatic carbocycles. The topological polar surface area (TPSA) is 64.5 Å². The highest BCUT2D eigenvalue weighted by atomic mass is 15.0. The SMILES string of the molecule is CC1C(c2ccc(-c3ccccn3)cc2)=CC(c2nc(C3=CC(c4ccc(-c5ccccn5)cc4)CC(c4ccccc4)=C3)nc(-c3ccccc3)n2)=CC1c1ccccc1. The van der Waals surface area contributed by atoms with E-state index in [0.717, 1.165) is 45.6 Å². The van der Waals surface area contributed by atoms with Crippen LogP contribution in [0, 0.1) is 5.92 Å². The van der Waals surface area contributed by atoms with Gasteiger partial charge in [-0.25, -0.2) is 15.0 Å². The van der Waals surface area contributed by atoms with Crippen molar-refractivity contribution in [2.45, 2.75) is 25.2 Å². The van der Waals surface area contributed by atoms with Crippen LogP contribution in [0.2, 0.25) is 0 Å². The third kappa shape index (κ3) is 8.06. The van der Waals surface area contributed by atoms with Crippen LogP contribution in [0.25, 0.3) is 56.2 Å². The van der Waals surface area contributed by atoms with Crippen LogP contribution in [0.15, 0.2) is 213 Å². The van der Waals surface area contributed by atoms with Gasteiger partial charge in [0.25, 0.3) is 0 Å².